The van der Waals surface area contributed by atoms with Crippen molar-refractivity contribution < 1.29 is 9.18 Å². The first-order valence-electron chi connectivity index (χ1n) is 9.06. The number of hydrogen-bond donors (Lipinski definition) is 2. The summed E-state index contributed by atoms with van der Waals surface area (Å²) < 4.78 is 15.2. The summed E-state index contributed by atoms with van der Waals surface area (Å²) in [5.41, 5.74) is 6.00. The molecule has 0 radical (unpaired) electrons. The maximum atomic E-state index is 13.4. The molecule has 0 fully saturated rings. The number of thioether (sulfide) groups is 1. The van der Waals surface area contributed by atoms with Crippen LogP contribution in [0.3, 0.4) is 0 Å². The van der Waals surface area contributed by atoms with E-state index in [4.69, 9.17) is 0 Å². The smallest absolute Gasteiger partial charge is 0.240 e. The minimum absolute atomic E-state index is 0.139. The van der Waals surface area contributed by atoms with E-state index in [1.807, 2.05) is 31.2 Å². The molecule has 0 saturated carbocycles. The Morgan fingerprint density at radius 1 is 1.21 bits per heavy atom. The first kappa shape index (κ1) is 18.5. The van der Waals surface area contributed by atoms with Gasteiger partial charge < -0.3 is 10.7 Å². The van der Waals surface area contributed by atoms with Crippen LogP contribution in [-0.2, 0) is 11.2 Å². The van der Waals surface area contributed by atoms with E-state index < -0.39 is 5.25 Å². The number of anilines is 1. The highest BCUT2D eigenvalue weighted by atomic mass is 32.2. The Labute approximate surface area is 166 Å². The molecule has 2 atom stereocenters. The molecule has 1 amide bonds. The number of hydrogen-bond acceptors (Lipinski definition) is 5. The monoisotopic (exact) mass is 397 g/mol. The third kappa shape index (κ3) is 3.47. The number of rotatable bonds is 4. The third-order valence-corrected chi connectivity index (χ3v) is 5.96. The molecule has 1 aromatic heterocycles. The van der Waals surface area contributed by atoms with E-state index in [2.05, 4.69) is 27.9 Å². The summed E-state index contributed by atoms with van der Waals surface area (Å²) in [6.07, 6.45) is 0.821. The molecule has 1 aliphatic rings. The first-order valence-corrected chi connectivity index (χ1v) is 9.94. The zero-order valence-corrected chi connectivity index (χ0v) is 16.3. The van der Waals surface area contributed by atoms with Crippen molar-refractivity contribution in [2.45, 2.75) is 36.7 Å². The minimum Gasteiger partial charge on any atom is -0.325 e. The van der Waals surface area contributed by atoms with Gasteiger partial charge in [-0.25, -0.2) is 9.07 Å². The summed E-state index contributed by atoms with van der Waals surface area (Å²) in [6, 6.07) is 13.6. The van der Waals surface area contributed by atoms with Crippen LogP contribution >= 0.6 is 11.8 Å². The largest absolute Gasteiger partial charge is 0.325 e. The van der Waals surface area contributed by atoms with Crippen LogP contribution in [0.5, 0.6) is 0 Å². The van der Waals surface area contributed by atoms with Crippen molar-refractivity contribution in [1.82, 2.24) is 14.9 Å². The number of aryl methyl sites for hydroxylation is 2. The van der Waals surface area contributed by atoms with Crippen LogP contribution in [0.25, 0.3) is 0 Å². The molecule has 1 aliphatic heterocycles. The molecule has 2 N–H and O–H groups in total. The molecule has 2 heterocycles. The van der Waals surface area contributed by atoms with Crippen LogP contribution < -0.4 is 10.7 Å². The summed E-state index contributed by atoms with van der Waals surface area (Å²) in [5, 5.41) is 11.4. The van der Waals surface area contributed by atoms with Gasteiger partial charge in [-0.15, -0.1) is 10.2 Å². The molecule has 2 aromatic carbocycles. The molecule has 8 heteroatoms. The van der Waals surface area contributed by atoms with E-state index in [1.165, 1.54) is 23.9 Å². The number of halogens is 1. The van der Waals surface area contributed by atoms with Gasteiger partial charge in [0.05, 0.1) is 6.04 Å². The highest BCUT2D eigenvalue weighted by molar-refractivity contribution is 8.00. The molecular weight excluding hydrogens is 377 g/mol. The van der Waals surface area contributed by atoms with Crippen molar-refractivity contribution in [2.75, 3.05) is 10.7 Å². The second-order valence-corrected chi connectivity index (χ2v) is 7.67. The van der Waals surface area contributed by atoms with Crippen molar-refractivity contribution in [3.63, 3.8) is 0 Å². The highest BCUT2D eigenvalue weighted by Crippen LogP contribution is 2.37. The van der Waals surface area contributed by atoms with Gasteiger partial charge in [-0.3, -0.25) is 4.79 Å². The fourth-order valence-electron chi connectivity index (χ4n) is 3.24. The van der Waals surface area contributed by atoms with Crippen molar-refractivity contribution in [3.05, 3.63) is 71.3 Å². The highest BCUT2D eigenvalue weighted by Gasteiger charge is 2.37. The van der Waals surface area contributed by atoms with E-state index in [0.717, 1.165) is 23.2 Å². The zero-order chi connectivity index (χ0) is 19.7. The second-order valence-electron chi connectivity index (χ2n) is 6.56. The average molecular weight is 397 g/mol. The summed E-state index contributed by atoms with van der Waals surface area (Å²) in [7, 11) is 0. The van der Waals surface area contributed by atoms with Crippen molar-refractivity contribution in [3.8, 4) is 0 Å². The van der Waals surface area contributed by atoms with E-state index >= 15 is 0 Å². The molecule has 144 valence electrons. The fraction of sp³-hybridized carbons (Fsp3) is 0.250. The molecule has 0 bridgehead atoms. The number of nitrogens with one attached hydrogen (secondary N) is 2. The predicted octanol–water partition coefficient (Wildman–Crippen LogP) is 3.69. The third-order valence-electron chi connectivity index (χ3n) is 4.74. The molecule has 4 rings (SSSR count). The van der Waals surface area contributed by atoms with Gasteiger partial charge in [0.25, 0.3) is 0 Å². The normalized spacial score (nSPS) is 18.2. The fourth-order valence-corrected chi connectivity index (χ4v) is 4.36. The number of amides is 1. The van der Waals surface area contributed by atoms with Gasteiger partial charge in [0, 0.05) is 5.69 Å². The molecule has 28 heavy (non-hydrogen) atoms. The number of fused-ring (bicyclic) bond motifs is 1. The van der Waals surface area contributed by atoms with Crippen LogP contribution in [-0.4, -0.2) is 26.0 Å². The topological polar surface area (TPSA) is 71.8 Å². The quantitative estimate of drug-likeness (QED) is 0.703. The number of aromatic nitrogens is 3. The number of benzene rings is 2. The van der Waals surface area contributed by atoms with Crippen LogP contribution in [0.2, 0.25) is 0 Å². The van der Waals surface area contributed by atoms with Gasteiger partial charge in [0.2, 0.25) is 11.1 Å². The molecule has 0 spiro atoms. The van der Waals surface area contributed by atoms with Crippen molar-refractivity contribution in [1.29, 1.82) is 0 Å². The molecule has 0 aliphatic carbocycles. The summed E-state index contributed by atoms with van der Waals surface area (Å²) in [4.78, 5) is 13.2. The van der Waals surface area contributed by atoms with E-state index in [9.17, 15) is 9.18 Å². The van der Waals surface area contributed by atoms with E-state index in [0.29, 0.717) is 11.0 Å². The number of carbonyl (C=O) groups excluding carboxylic acids is 1. The molecule has 3 aromatic rings. The van der Waals surface area contributed by atoms with Gasteiger partial charge in [-0.1, -0.05) is 49.0 Å². The van der Waals surface area contributed by atoms with Gasteiger partial charge in [0.1, 0.15) is 16.9 Å². The van der Waals surface area contributed by atoms with Gasteiger partial charge in [0.15, 0.2) is 0 Å². The van der Waals surface area contributed by atoms with Crippen molar-refractivity contribution in [2.24, 2.45) is 0 Å². The Morgan fingerprint density at radius 3 is 2.71 bits per heavy atom. The lowest BCUT2D eigenvalue weighted by Gasteiger charge is -2.32. The Morgan fingerprint density at radius 2 is 1.96 bits per heavy atom. The van der Waals surface area contributed by atoms with Gasteiger partial charge in [-0.2, -0.15) is 0 Å². The Balaban J connectivity index is 1.67. The van der Waals surface area contributed by atoms with Crippen LogP contribution in [0.15, 0.2) is 53.7 Å². The van der Waals surface area contributed by atoms with Crippen LogP contribution in [0, 0.1) is 12.7 Å². The predicted molar refractivity (Wildman–Crippen MR) is 107 cm³/mol. The molecule has 0 saturated heterocycles. The van der Waals surface area contributed by atoms with Crippen LogP contribution in [0.4, 0.5) is 10.1 Å². The number of para-hydroxylation sites is 1. The van der Waals surface area contributed by atoms with Gasteiger partial charge in [-0.05, 0) is 42.7 Å². The SMILES string of the molecule is CCc1ccccc1NC(=O)[C@@H]1Sc2nnc(C)n2N[C@H]1c1ccc(F)cc1. The zero-order valence-electron chi connectivity index (χ0n) is 15.5. The average Bonchev–Trinajstić information content (AvgIpc) is 3.08. The standard InChI is InChI=1S/C20H20FN5OS/c1-3-13-6-4-5-7-16(13)22-19(27)18-17(14-8-10-15(21)11-9-14)25-26-12(2)23-24-20(26)28-18/h4-11,17-18,25H,3H2,1-2H3,(H,22,27)/t17-,18+/m0/s1. The van der Waals surface area contributed by atoms with E-state index in [-0.39, 0.29) is 17.8 Å². The summed E-state index contributed by atoms with van der Waals surface area (Å²) >= 11 is 1.35. The maximum absolute atomic E-state index is 13.4. The second kappa shape index (κ2) is 7.63. The van der Waals surface area contributed by atoms with Gasteiger partial charge >= 0.3 is 0 Å². The Hall–Kier alpha value is -2.87. The Bertz CT molecular complexity index is 1000. The summed E-state index contributed by atoms with van der Waals surface area (Å²) in [5.74, 6) is 0.246. The number of nitrogens with zero attached hydrogens (tertiary/aromatic N) is 3. The lowest BCUT2D eigenvalue weighted by Crippen LogP contribution is -2.41. The molecule has 0 unspecified atom stereocenters. The first-order chi connectivity index (χ1) is 13.6. The van der Waals surface area contributed by atoms with E-state index in [1.54, 1.807) is 16.8 Å². The van der Waals surface area contributed by atoms with Crippen molar-refractivity contribution >= 4 is 23.4 Å². The lowest BCUT2D eigenvalue weighted by molar-refractivity contribution is -0.116. The molecular formula is C20H20FN5OS. The molecule has 6 nitrogen and oxygen atoms in total. The summed E-state index contributed by atoms with van der Waals surface area (Å²) in [6.45, 7) is 3.89. The maximum Gasteiger partial charge on any atom is 0.240 e. The number of carbonyl (C=O) groups is 1. The van der Waals surface area contributed by atoms with Crippen LogP contribution in [0.1, 0.15) is 29.9 Å². The minimum atomic E-state index is -0.494. The lowest BCUT2D eigenvalue weighted by atomic mass is 10.0. The Kier molecular flexibility index (Phi) is 5.04.